The minimum absolute atomic E-state index is 0.000000000000000222. The average Bonchev–Trinajstić information content (AvgIpc) is 1.87. The first-order chi connectivity index (χ1) is 4.22. The van der Waals surface area contributed by atoms with Gasteiger partial charge in [-0.2, -0.15) is 0 Å². The molecule has 0 fully saturated rings. The van der Waals surface area contributed by atoms with E-state index in [1.165, 1.54) is 7.11 Å². The van der Waals surface area contributed by atoms with E-state index in [1.54, 1.807) is 0 Å². The summed E-state index contributed by atoms with van der Waals surface area (Å²) in [6.07, 6.45) is 0.711. The lowest BCUT2D eigenvalue weighted by Gasteiger charge is -1.97. The van der Waals surface area contributed by atoms with Gasteiger partial charge in [-0.05, 0) is 12.0 Å². The Labute approximate surface area is 55.5 Å². The fourth-order valence-corrected chi connectivity index (χ4v) is 0.430. The number of carbonyl (C=O) groups excluding carboxylic acids is 1. The lowest BCUT2D eigenvalue weighted by atomic mass is 10.1. The Kier molecular flexibility index (Phi) is 3.97. The van der Waals surface area contributed by atoms with Crippen LogP contribution in [0.3, 0.4) is 0 Å². The van der Waals surface area contributed by atoms with E-state index in [9.17, 15) is 4.79 Å². The third-order valence-electron chi connectivity index (χ3n) is 1.10. The van der Waals surface area contributed by atoms with Crippen LogP contribution < -0.4 is 0 Å². The van der Waals surface area contributed by atoms with Crippen LogP contribution in [0.2, 0.25) is 0 Å². The monoisotopic (exact) mass is 128 g/mol. The fraction of sp³-hybridized carbons (Fsp3) is 0.571. The van der Waals surface area contributed by atoms with Crippen molar-refractivity contribution >= 4 is 5.78 Å². The molecule has 0 saturated heterocycles. The normalized spacial score (nSPS) is 9.11. The van der Waals surface area contributed by atoms with Crippen LogP contribution in [0.15, 0.2) is 12.2 Å². The molecule has 0 bridgehead atoms. The molecule has 0 heterocycles. The summed E-state index contributed by atoms with van der Waals surface area (Å²) in [6.45, 7) is 5.62. The van der Waals surface area contributed by atoms with Gasteiger partial charge in [-0.1, -0.05) is 13.5 Å². The molecule has 0 aliphatic heterocycles. The zero-order valence-electron chi connectivity index (χ0n) is 5.94. The van der Waals surface area contributed by atoms with Gasteiger partial charge in [0.25, 0.3) is 0 Å². The zero-order valence-corrected chi connectivity index (χ0v) is 5.94. The van der Waals surface area contributed by atoms with Crippen LogP contribution in [0.1, 0.15) is 13.3 Å². The second-order valence-corrected chi connectivity index (χ2v) is 1.81. The first-order valence-electron chi connectivity index (χ1n) is 2.92. The van der Waals surface area contributed by atoms with Crippen molar-refractivity contribution in [3.05, 3.63) is 12.2 Å². The molecule has 0 aromatic carbocycles. The Morgan fingerprint density at radius 2 is 2.22 bits per heavy atom. The van der Waals surface area contributed by atoms with Gasteiger partial charge in [0.2, 0.25) is 0 Å². The van der Waals surface area contributed by atoms with E-state index in [0.29, 0.717) is 12.0 Å². The Bertz CT molecular complexity index is 116. The van der Waals surface area contributed by atoms with Crippen molar-refractivity contribution < 1.29 is 9.53 Å². The van der Waals surface area contributed by atoms with Gasteiger partial charge in [0.15, 0.2) is 5.78 Å². The van der Waals surface area contributed by atoms with Gasteiger partial charge in [0.05, 0.1) is 0 Å². The molecule has 2 heteroatoms. The highest BCUT2D eigenvalue weighted by Gasteiger charge is 2.01. The predicted molar refractivity (Wildman–Crippen MR) is 36.3 cm³/mol. The maximum atomic E-state index is 10.7. The molecule has 0 radical (unpaired) electrons. The molecular weight excluding hydrogens is 116 g/mol. The molecule has 0 spiro atoms. The second kappa shape index (κ2) is 4.27. The Morgan fingerprint density at radius 3 is 2.56 bits per heavy atom. The van der Waals surface area contributed by atoms with E-state index in [-0.39, 0.29) is 12.4 Å². The molecule has 0 N–H and O–H groups in total. The summed E-state index contributed by atoms with van der Waals surface area (Å²) in [5.41, 5.74) is 0.636. The van der Waals surface area contributed by atoms with Crippen molar-refractivity contribution in [1.82, 2.24) is 0 Å². The van der Waals surface area contributed by atoms with Crippen LogP contribution in [0, 0.1) is 0 Å². The van der Waals surface area contributed by atoms with Gasteiger partial charge in [0, 0.05) is 7.11 Å². The van der Waals surface area contributed by atoms with Crippen molar-refractivity contribution in [2.75, 3.05) is 13.7 Å². The molecule has 0 rings (SSSR count). The van der Waals surface area contributed by atoms with Crippen LogP contribution in [0.5, 0.6) is 0 Å². The van der Waals surface area contributed by atoms with E-state index < -0.39 is 0 Å². The molecule has 0 unspecified atom stereocenters. The highest BCUT2D eigenvalue weighted by Crippen LogP contribution is 1.97. The molecule has 0 amide bonds. The minimum atomic E-state index is 0.000000000000000222. The fourth-order valence-electron chi connectivity index (χ4n) is 0.430. The molecular formula is C7H12O2. The second-order valence-electron chi connectivity index (χ2n) is 1.81. The smallest absolute Gasteiger partial charge is 0.183 e. The zero-order chi connectivity index (χ0) is 7.28. The number of hydrogen-bond donors (Lipinski definition) is 0. The molecule has 52 valence electrons. The van der Waals surface area contributed by atoms with Gasteiger partial charge < -0.3 is 4.74 Å². The van der Waals surface area contributed by atoms with E-state index in [4.69, 9.17) is 0 Å². The van der Waals surface area contributed by atoms with Crippen LogP contribution in [-0.4, -0.2) is 19.5 Å². The average molecular weight is 128 g/mol. The molecule has 9 heavy (non-hydrogen) atoms. The lowest BCUT2D eigenvalue weighted by Crippen LogP contribution is -2.07. The van der Waals surface area contributed by atoms with Gasteiger partial charge in [0.1, 0.15) is 6.61 Å². The molecule has 0 aliphatic rings. The number of hydrogen-bond acceptors (Lipinski definition) is 2. The summed E-state index contributed by atoms with van der Waals surface area (Å²) in [5, 5.41) is 0. The summed E-state index contributed by atoms with van der Waals surface area (Å²) >= 11 is 0. The largest absolute Gasteiger partial charge is 0.377 e. The predicted octanol–water partition coefficient (Wildman–Crippen LogP) is 1.17. The first-order valence-corrected chi connectivity index (χ1v) is 2.92. The number of Topliss-reactive ketones (excluding diaryl/α,β-unsaturated/α-hetero) is 1. The van der Waals surface area contributed by atoms with Gasteiger partial charge >= 0.3 is 0 Å². The topological polar surface area (TPSA) is 26.3 Å². The van der Waals surface area contributed by atoms with Crippen molar-refractivity contribution in [2.45, 2.75) is 13.3 Å². The summed E-state index contributed by atoms with van der Waals surface area (Å²) in [4.78, 5) is 10.7. The van der Waals surface area contributed by atoms with Crippen LogP contribution >= 0.6 is 0 Å². The first kappa shape index (κ1) is 8.37. The molecule has 0 aromatic heterocycles. The van der Waals surface area contributed by atoms with Crippen molar-refractivity contribution in [3.8, 4) is 0 Å². The summed E-state index contributed by atoms with van der Waals surface area (Å²) in [5.74, 6) is 0.000000000000000222. The maximum Gasteiger partial charge on any atom is 0.183 e. The van der Waals surface area contributed by atoms with Crippen LogP contribution in [0.4, 0.5) is 0 Å². The van der Waals surface area contributed by atoms with Crippen molar-refractivity contribution in [1.29, 1.82) is 0 Å². The molecule has 0 aromatic rings. The van der Waals surface area contributed by atoms with Gasteiger partial charge in [-0.25, -0.2) is 0 Å². The van der Waals surface area contributed by atoms with Gasteiger partial charge in [-0.15, -0.1) is 0 Å². The number of ether oxygens (including phenoxy) is 1. The van der Waals surface area contributed by atoms with E-state index in [2.05, 4.69) is 11.3 Å². The third kappa shape index (κ3) is 3.03. The lowest BCUT2D eigenvalue weighted by molar-refractivity contribution is -0.119. The van der Waals surface area contributed by atoms with Crippen LogP contribution in [0.25, 0.3) is 0 Å². The molecule has 0 saturated carbocycles. The maximum absolute atomic E-state index is 10.7. The highest BCUT2D eigenvalue weighted by atomic mass is 16.5. The third-order valence-corrected chi connectivity index (χ3v) is 1.10. The number of carbonyl (C=O) groups is 1. The van der Waals surface area contributed by atoms with E-state index >= 15 is 0 Å². The van der Waals surface area contributed by atoms with E-state index in [1.807, 2.05) is 6.92 Å². The van der Waals surface area contributed by atoms with Crippen LogP contribution in [-0.2, 0) is 9.53 Å². The Hall–Kier alpha value is -0.630. The summed E-state index contributed by atoms with van der Waals surface area (Å²) in [7, 11) is 1.50. The summed E-state index contributed by atoms with van der Waals surface area (Å²) < 4.78 is 4.62. The molecule has 0 aliphatic carbocycles. The van der Waals surface area contributed by atoms with Gasteiger partial charge in [-0.3, -0.25) is 4.79 Å². The summed E-state index contributed by atoms with van der Waals surface area (Å²) in [6, 6.07) is 0. The molecule has 2 nitrogen and oxygen atoms in total. The Balaban J connectivity index is 3.60. The van der Waals surface area contributed by atoms with Crippen molar-refractivity contribution in [2.24, 2.45) is 0 Å². The highest BCUT2D eigenvalue weighted by molar-refractivity contribution is 5.95. The SMILES string of the molecule is C=C(CC)C(=O)COC. The van der Waals surface area contributed by atoms with E-state index in [0.717, 1.165) is 0 Å². The number of ketones is 1. The van der Waals surface area contributed by atoms with Crippen molar-refractivity contribution in [3.63, 3.8) is 0 Å². The molecule has 0 atom stereocenters. The number of rotatable bonds is 4. The number of methoxy groups -OCH3 is 1. The minimum Gasteiger partial charge on any atom is -0.377 e. The standard InChI is InChI=1S/C7H12O2/c1-4-6(2)7(8)5-9-3/h2,4-5H2,1,3H3. The Morgan fingerprint density at radius 1 is 1.67 bits per heavy atom. The quantitative estimate of drug-likeness (QED) is 0.531.